The lowest BCUT2D eigenvalue weighted by molar-refractivity contribution is -0.235. The molecule has 1 heterocycles. The average Bonchev–Trinajstić information content (AvgIpc) is 2.63. The summed E-state index contributed by atoms with van der Waals surface area (Å²) in [6.45, 7) is 6.18. The summed E-state index contributed by atoms with van der Waals surface area (Å²) >= 11 is 0. The predicted octanol–water partition coefficient (Wildman–Crippen LogP) is 3.44. The van der Waals surface area contributed by atoms with Crippen molar-refractivity contribution >= 4 is 11.6 Å². The van der Waals surface area contributed by atoms with Crippen LogP contribution in [0.3, 0.4) is 0 Å². The van der Waals surface area contributed by atoms with Gasteiger partial charge in [0.2, 0.25) is 0 Å². The molecule has 132 valence electrons. The molecule has 0 saturated carbocycles. The van der Waals surface area contributed by atoms with Crippen LogP contribution >= 0.6 is 0 Å². The minimum atomic E-state index is -1.32. The number of hydrogen-bond donors (Lipinski definition) is 0. The normalized spacial score (nSPS) is 16.6. The van der Waals surface area contributed by atoms with Crippen LogP contribution in [0.15, 0.2) is 30.3 Å². The molecule has 6 nitrogen and oxygen atoms in total. The van der Waals surface area contributed by atoms with Gasteiger partial charge in [0.15, 0.2) is 0 Å². The first-order valence-corrected chi connectivity index (χ1v) is 8.74. The van der Waals surface area contributed by atoms with E-state index in [0.29, 0.717) is 26.4 Å². The summed E-state index contributed by atoms with van der Waals surface area (Å²) < 4.78 is 17.8. The first-order chi connectivity index (χ1) is 11.8. The van der Waals surface area contributed by atoms with E-state index in [9.17, 15) is 5.53 Å². The van der Waals surface area contributed by atoms with E-state index in [-0.39, 0.29) is 5.90 Å². The first kappa shape index (κ1) is 18.5. The number of para-hydroxylation sites is 1. The lowest BCUT2D eigenvalue weighted by atomic mass is 10.2. The van der Waals surface area contributed by atoms with Gasteiger partial charge in [-0.2, -0.15) is 0 Å². The zero-order valence-corrected chi connectivity index (χ0v) is 14.6. The highest BCUT2D eigenvalue weighted by atomic mass is 16.7. The van der Waals surface area contributed by atoms with Crippen LogP contribution in [0.5, 0.6) is 0 Å². The second-order valence-corrected chi connectivity index (χ2v) is 5.73. The molecule has 0 spiro atoms. The van der Waals surface area contributed by atoms with Gasteiger partial charge in [-0.15, -0.1) is 4.79 Å². The molecule has 0 radical (unpaired) electrons. The van der Waals surface area contributed by atoms with Crippen molar-refractivity contribution in [3.8, 4) is 0 Å². The van der Waals surface area contributed by atoms with E-state index in [1.54, 1.807) is 0 Å². The highest BCUT2D eigenvalue weighted by Crippen LogP contribution is 2.31. The van der Waals surface area contributed by atoms with E-state index in [1.165, 1.54) is 0 Å². The van der Waals surface area contributed by atoms with Gasteiger partial charge in [0.1, 0.15) is 6.61 Å². The Balaban J connectivity index is 2.36. The van der Waals surface area contributed by atoms with Crippen molar-refractivity contribution < 1.29 is 19.0 Å². The van der Waals surface area contributed by atoms with Crippen molar-refractivity contribution in [2.24, 2.45) is 0 Å². The van der Waals surface area contributed by atoms with Crippen molar-refractivity contribution in [1.82, 2.24) is 0 Å². The molecule has 1 aromatic carbocycles. The summed E-state index contributed by atoms with van der Waals surface area (Å²) in [5.74, 6) is -1.26. The molecule has 1 aromatic rings. The predicted molar refractivity (Wildman–Crippen MR) is 92.8 cm³/mol. The summed E-state index contributed by atoms with van der Waals surface area (Å²) in [7, 11) is 0. The SMILES string of the molecule is CCCCOC1(OCCCC)C(=[N+]=[N-])OCCN1c1ccccc1. The molecule has 1 fully saturated rings. The molecular weight excluding hydrogens is 306 g/mol. The van der Waals surface area contributed by atoms with Crippen LogP contribution in [0.1, 0.15) is 39.5 Å². The van der Waals surface area contributed by atoms with E-state index in [1.807, 2.05) is 35.2 Å². The number of nitrogens with zero attached hydrogens (tertiary/aromatic N) is 3. The van der Waals surface area contributed by atoms with Gasteiger partial charge in [-0.25, -0.2) is 0 Å². The van der Waals surface area contributed by atoms with Gasteiger partial charge in [0.25, 0.3) is 0 Å². The largest absolute Gasteiger partial charge is 0.534 e. The van der Waals surface area contributed by atoms with Crippen molar-refractivity contribution in [2.75, 3.05) is 31.3 Å². The van der Waals surface area contributed by atoms with Crippen molar-refractivity contribution in [2.45, 2.75) is 45.4 Å². The number of ether oxygens (including phenoxy) is 3. The van der Waals surface area contributed by atoms with E-state index in [0.717, 1.165) is 31.4 Å². The Bertz CT molecular complexity index is 534. The minimum absolute atomic E-state index is 0.0600. The third kappa shape index (κ3) is 4.15. The third-order valence-corrected chi connectivity index (χ3v) is 3.93. The van der Waals surface area contributed by atoms with Crippen LogP contribution in [0, 0.1) is 0 Å². The number of benzene rings is 1. The van der Waals surface area contributed by atoms with Crippen LogP contribution in [-0.2, 0) is 14.2 Å². The van der Waals surface area contributed by atoms with Gasteiger partial charge >= 0.3 is 11.8 Å². The molecule has 1 saturated heterocycles. The zero-order chi connectivity index (χ0) is 17.3. The number of morpholine rings is 1. The summed E-state index contributed by atoms with van der Waals surface area (Å²) in [5, 5.41) is 0. The Morgan fingerprint density at radius 3 is 2.29 bits per heavy atom. The molecule has 0 atom stereocenters. The molecular formula is C18H27N3O3. The molecule has 0 amide bonds. The Labute approximate surface area is 143 Å². The van der Waals surface area contributed by atoms with Crippen molar-refractivity contribution in [3.05, 3.63) is 35.9 Å². The van der Waals surface area contributed by atoms with Crippen LogP contribution in [-0.4, -0.2) is 43.0 Å². The van der Waals surface area contributed by atoms with E-state index in [4.69, 9.17) is 14.2 Å². The number of anilines is 1. The fraction of sp³-hybridized carbons (Fsp3) is 0.611. The van der Waals surface area contributed by atoms with Gasteiger partial charge in [0.05, 0.1) is 19.8 Å². The molecule has 0 N–H and O–H groups in total. The van der Waals surface area contributed by atoms with Crippen LogP contribution in [0.25, 0.3) is 5.53 Å². The van der Waals surface area contributed by atoms with Crippen molar-refractivity contribution in [3.63, 3.8) is 0 Å². The number of unbranched alkanes of at least 4 members (excludes halogenated alkanes) is 2. The van der Waals surface area contributed by atoms with Crippen LogP contribution in [0.2, 0.25) is 0 Å². The molecule has 0 aromatic heterocycles. The fourth-order valence-corrected chi connectivity index (χ4v) is 2.62. The Kier molecular flexibility index (Phi) is 7.25. The van der Waals surface area contributed by atoms with Gasteiger partial charge in [-0.3, -0.25) is 0 Å². The molecule has 2 rings (SSSR count). The van der Waals surface area contributed by atoms with Gasteiger partial charge in [-0.05, 0) is 25.0 Å². The zero-order valence-electron chi connectivity index (χ0n) is 14.6. The van der Waals surface area contributed by atoms with Crippen LogP contribution in [0.4, 0.5) is 5.69 Å². The summed E-state index contributed by atoms with van der Waals surface area (Å²) in [4.78, 5) is 5.31. The summed E-state index contributed by atoms with van der Waals surface area (Å²) in [6.07, 6.45) is 3.78. The lowest BCUT2D eigenvalue weighted by Gasteiger charge is -2.42. The quantitative estimate of drug-likeness (QED) is 0.300. The maximum atomic E-state index is 9.48. The van der Waals surface area contributed by atoms with E-state index in [2.05, 4.69) is 18.6 Å². The number of rotatable bonds is 9. The average molecular weight is 333 g/mol. The topological polar surface area (TPSA) is 67.3 Å². The van der Waals surface area contributed by atoms with Crippen molar-refractivity contribution in [1.29, 1.82) is 0 Å². The molecule has 0 aliphatic carbocycles. The van der Waals surface area contributed by atoms with E-state index < -0.39 is 5.91 Å². The smallest absolute Gasteiger partial charge is 0.428 e. The minimum Gasteiger partial charge on any atom is -0.428 e. The lowest BCUT2D eigenvalue weighted by Crippen LogP contribution is -2.64. The maximum Gasteiger partial charge on any atom is 0.534 e. The molecule has 0 bridgehead atoms. The highest BCUT2D eigenvalue weighted by molar-refractivity contribution is 5.83. The van der Waals surface area contributed by atoms with E-state index >= 15 is 0 Å². The first-order valence-electron chi connectivity index (χ1n) is 8.74. The Hall–Kier alpha value is -1.88. The molecule has 0 unspecified atom stereocenters. The van der Waals surface area contributed by atoms with Crippen LogP contribution < -0.4 is 4.90 Å². The molecule has 1 aliphatic rings. The second-order valence-electron chi connectivity index (χ2n) is 5.73. The monoisotopic (exact) mass is 333 g/mol. The van der Waals surface area contributed by atoms with Gasteiger partial charge in [-0.1, -0.05) is 44.9 Å². The third-order valence-electron chi connectivity index (χ3n) is 3.93. The fourth-order valence-electron chi connectivity index (χ4n) is 2.62. The number of hydrogen-bond acceptors (Lipinski definition) is 4. The second kappa shape index (κ2) is 9.42. The Morgan fingerprint density at radius 2 is 1.75 bits per heavy atom. The maximum absolute atomic E-state index is 9.48. The summed E-state index contributed by atoms with van der Waals surface area (Å²) in [5.41, 5.74) is 10.4. The molecule has 6 heteroatoms. The highest BCUT2D eigenvalue weighted by Gasteiger charge is 2.56. The molecule has 24 heavy (non-hydrogen) atoms. The molecule has 1 aliphatic heterocycles. The summed E-state index contributed by atoms with van der Waals surface area (Å²) in [6, 6.07) is 9.86. The van der Waals surface area contributed by atoms with Gasteiger partial charge < -0.3 is 24.6 Å². The van der Waals surface area contributed by atoms with Gasteiger partial charge in [0, 0.05) is 5.69 Å². The standard InChI is InChI=1S/C18H27N3O3/c1-3-5-13-23-18(24-14-6-4-2)17(20-19)22-15-12-21(18)16-10-8-7-9-11-16/h7-11H,3-6,12-15H2,1-2H3. The Morgan fingerprint density at radius 1 is 1.12 bits per heavy atom.